The fraction of sp³-hybridized carbons (Fsp3) is 0.909. The quantitative estimate of drug-likeness (QED) is 0.484. The third-order valence-corrected chi connectivity index (χ3v) is 3.14. The third-order valence-electron chi connectivity index (χ3n) is 3.14. The molecule has 1 aliphatic heterocycles. The molecule has 0 bridgehead atoms. The molecule has 0 aromatic heterocycles. The maximum absolute atomic E-state index is 11.1. The van der Waals surface area contributed by atoms with Crippen molar-refractivity contribution >= 4 is 6.41 Å². The first-order valence-corrected chi connectivity index (χ1v) is 5.65. The molecule has 1 aliphatic rings. The van der Waals surface area contributed by atoms with Gasteiger partial charge in [-0.2, -0.15) is 0 Å². The van der Waals surface area contributed by atoms with Gasteiger partial charge < -0.3 is 0 Å². The Bertz CT molecular complexity index is 148. The number of likely N-dealkylation sites (tertiary alicyclic amines) is 1. The first-order chi connectivity index (χ1) is 6.33. The van der Waals surface area contributed by atoms with E-state index in [9.17, 15) is 4.79 Å². The number of quaternary nitrogens is 1. The number of nitrogens with zero attached hydrogens (tertiary/aromatic N) is 1. The Morgan fingerprint density at radius 3 is 2.23 bits per heavy atom. The van der Waals surface area contributed by atoms with Crippen LogP contribution >= 0.6 is 0 Å². The van der Waals surface area contributed by atoms with Gasteiger partial charge in [0.2, 0.25) is 0 Å². The Morgan fingerprint density at radius 1 is 1.15 bits per heavy atom. The summed E-state index contributed by atoms with van der Waals surface area (Å²) in [7, 11) is 0. The molecule has 0 aromatic rings. The summed E-state index contributed by atoms with van der Waals surface area (Å²) in [6, 6.07) is 0. The van der Waals surface area contributed by atoms with Crippen LogP contribution in [0.1, 0.15) is 45.4 Å². The van der Waals surface area contributed by atoms with Crippen molar-refractivity contribution in [2.75, 3.05) is 19.6 Å². The predicted octanol–water partition coefficient (Wildman–Crippen LogP) is 2.33. The van der Waals surface area contributed by atoms with Crippen molar-refractivity contribution in [3.05, 3.63) is 0 Å². The van der Waals surface area contributed by atoms with Crippen molar-refractivity contribution in [2.24, 2.45) is 0 Å². The second-order valence-electron chi connectivity index (χ2n) is 4.26. The lowest BCUT2D eigenvalue weighted by atomic mass is 10.2. The minimum Gasteiger partial charge on any atom is -0.263 e. The van der Waals surface area contributed by atoms with E-state index in [2.05, 4.69) is 6.92 Å². The lowest BCUT2D eigenvalue weighted by molar-refractivity contribution is -0.845. The first-order valence-electron chi connectivity index (χ1n) is 5.65. The van der Waals surface area contributed by atoms with Crippen molar-refractivity contribution in [1.82, 2.24) is 0 Å². The highest BCUT2D eigenvalue weighted by Crippen LogP contribution is 2.17. The van der Waals surface area contributed by atoms with Gasteiger partial charge in [0.05, 0.1) is 19.6 Å². The second kappa shape index (κ2) is 5.38. The van der Waals surface area contributed by atoms with Crippen molar-refractivity contribution in [3.8, 4) is 0 Å². The van der Waals surface area contributed by atoms with Gasteiger partial charge in [-0.25, -0.2) is 4.79 Å². The van der Waals surface area contributed by atoms with Crippen molar-refractivity contribution < 1.29 is 9.28 Å². The summed E-state index contributed by atoms with van der Waals surface area (Å²) in [6.07, 6.45) is 8.71. The summed E-state index contributed by atoms with van der Waals surface area (Å²) < 4.78 is 0.744. The average Bonchev–Trinajstić information content (AvgIpc) is 2.41. The summed E-state index contributed by atoms with van der Waals surface area (Å²) >= 11 is 0. The monoisotopic (exact) mass is 184 g/mol. The SMILES string of the molecule is CCCC[N+]1(C=O)CCCCCC1. The van der Waals surface area contributed by atoms with Crippen LogP contribution in [0.3, 0.4) is 0 Å². The zero-order chi connectivity index (χ0) is 9.57. The van der Waals surface area contributed by atoms with Crippen LogP contribution in [0.25, 0.3) is 0 Å². The molecule has 1 amide bonds. The van der Waals surface area contributed by atoms with Gasteiger partial charge in [-0.1, -0.05) is 13.3 Å². The van der Waals surface area contributed by atoms with Crippen LogP contribution in [-0.2, 0) is 4.79 Å². The largest absolute Gasteiger partial charge is 0.301 e. The van der Waals surface area contributed by atoms with E-state index in [1.165, 1.54) is 44.9 Å². The second-order valence-corrected chi connectivity index (χ2v) is 4.26. The molecule has 2 nitrogen and oxygen atoms in total. The highest BCUT2D eigenvalue weighted by molar-refractivity contribution is 5.37. The van der Waals surface area contributed by atoms with Crippen LogP contribution in [0.2, 0.25) is 0 Å². The number of hydrogen-bond acceptors (Lipinski definition) is 1. The normalized spacial score (nSPS) is 22.2. The molecule has 0 radical (unpaired) electrons. The number of amides is 1. The van der Waals surface area contributed by atoms with E-state index in [1.54, 1.807) is 0 Å². The lowest BCUT2D eigenvalue weighted by Crippen LogP contribution is -2.48. The van der Waals surface area contributed by atoms with E-state index in [0.717, 1.165) is 24.1 Å². The number of carbonyl (C=O) groups is 1. The van der Waals surface area contributed by atoms with Crippen LogP contribution in [-0.4, -0.2) is 30.5 Å². The Labute approximate surface area is 81.5 Å². The van der Waals surface area contributed by atoms with Crippen molar-refractivity contribution in [2.45, 2.75) is 45.4 Å². The van der Waals surface area contributed by atoms with Gasteiger partial charge in [-0.3, -0.25) is 4.48 Å². The summed E-state index contributed by atoms with van der Waals surface area (Å²) in [6.45, 7) is 5.44. The van der Waals surface area contributed by atoms with Gasteiger partial charge in [0.25, 0.3) is 0 Å². The first kappa shape index (κ1) is 10.7. The summed E-state index contributed by atoms with van der Waals surface area (Å²) in [4.78, 5) is 11.1. The molecule has 0 atom stereocenters. The molecule has 1 fully saturated rings. The zero-order valence-corrected chi connectivity index (χ0v) is 8.80. The van der Waals surface area contributed by atoms with Gasteiger partial charge in [0.1, 0.15) is 0 Å². The molecule has 1 saturated heterocycles. The molecule has 1 rings (SSSR count). The maximum Gasteiger partial charge on any atom is 0.301 e. The number of carbonyl (C=O) groups excluding carboxylic acids is 1. The minimum absolute atomic E-state index is 0.744. The Hall–Kier alpha value is -0.370. The van der Waals surface area contributed by atoms with Crippen LogP contribution in [0, 0.1) is 0 Å². The molecular formula is C11H22NO+. The van der Waals surface area contributed by atoms with Crippen LogP contribution in [0.4, 0.5) is 0 Å². The lowest BCUT2D eigenvalue weighted by Gasteiger charge is -2.30. The smallest absolute Gasteiger partial charge is 0.263 e. The Balaban J connectivity index is 2.48. The number of rotatable bonds is 4. The fourth-order valence-electron chi connectivity index (χ4n) is 2.17. The highest BCUT2D eigenvalue weighted by atomic mass is 16.1. The fourth-order valence-corrected chi connectivity index (χ4v) is 2.17. The zero-order valence-electron chi connectivity index (χ0n) is 8.80. The molecule has 76 valence electrons. The van der Waals surface area contributed by atoms with Crippen molar-refractivity contribution in [1.29, 1.82) is 0 Å². The van der Waals surface area contributed by atoms with Gasteiger partial charge in [0.15, 0.2) is 0 Å². The molecular weight excluding hydrogens is 162 g/mol. The van der Waals surface area contributed by atoms with Gasteiger partial charge in [0, 0.05) is 0 Å². The molecule has 13 heavy (non-hydrogen) atoms. The summed E-state index contributed by atoms with van der Waals surface area (Å²) in [5.74, 6) is 0. The van der Waals surface area contributed by atoms with Gasteiger partial charge >= 0.3 is 6.41 Å². The van der Waals surface area contributed by atoms with Crippen LogP contribution < -0.4 is 0 Å². The molecule has 0 saturated carbocycles. The minimum atomic E-state index is 0.744. The van der Waals surface area contributed by atoms with E-state index in [4.69, 9.17) is 0 Å². The molecule has 0 unspecified atom stereocenters. The highest BCUT2D eigenvalue weighted by Gasteiger charge is 2.27. The Kier molecular flexibility index (Phi) is 4.43. The van der Waals surface area contributed by atoms with Crippen LogP contribution in [0.5, 0.6) is 0 Å². The molecule has 0 aromatic carbocycles. The van der Waals surface area contributed by atoms with E-state index < -0.39 is 0 Å². The predicted molar refractivity (Wildman–Crippen MR) is 54.3 cm³/mol. The molecule has 0 N–H and O–H groups in total. The molecule has 2 heteroatoms. The summed E-state index contributed by atoms with van der Waals surface area (Å²) in [5.41, 5.74) is 0. The van der Waals surface area contributed by atoms with E-state index in [-0.39, 0.29) is 0 Å². The van der Waals surface area contributed by atoms with Gasteiger partial charge in [-0.15, -0.1) is 0 Å². The number of hydrogen-bond donors (Lipinski definition) is 0. The Morgan fingerprint density at radius 2 is 1.77 bits per heavy atom. The average molecular weight is 184 g/mol. The molecule has 0 spiro atoms. The van der Waals surface area contributed by atoms with Crippen LogP contribution in [0.15, 0.2) is 0 Å². The third kappa shape index (κ3) is 3.11. The summed E-state index contributed by atoms with van der Waals surface area (Å²) in [5, 5.41) is 0. The van der Waals surface area contributed by atoms with E-state index in [1.807, 2.05) is 0 Å². The molecule has 1 heterocycles. The molecule has 0 aliphatic carbocycles. The standard InChI is InChI=1S/C11H22NO/c1-2-3-8-12(11-13)9-6-4-5-7-10-12/h11H,2-10H2,1H3/q+1. The maximum atomic E-state index is 11.1. The van der Waals surface area contributed by atoms with Crippen molar-refractivity contribution in [3.63, 3.8) is 0 Å². The number of unbranched alkanes of at least 4 members (excludes halogenated alkanes) is 1. The topological polar surface area (TPSA) is 17.1 Å². The van der Waals surface area contributed by atoms with E-state index in [0.29, 0.717) is 0 Å². The van der Waals surface area contributed by atoms with Gasteiger partial charge in [-0.05, 0) is 32.1 Å². The van der Waals surface area contributed by atoms with E-state index >= 15 is 0 Å².